The van der Waals surface area contributed by atoms with Gasteiger partial charge in [0.25, 0.3) is 0 Å². The molecule has 1 aliphatic rings. The Balaban J connectivity index is 1.54. The van der Waals surface area contributed by atoms with Crippen LogP contribution in [-0.4, -0.2) is 37.0 Å². The van der Waals surface area contributed by atoms with E-state index in [1.807, 2.05) is 36.4 Å². The van der Waals surface area contributed by atoms with Crippen molar-refractivity contribution >= 4 is 45.2 Å². The maximum atomic E-state index is 12.2. The molecule has 0 atom stereocenters. The van der Waals surface area contributed by atoms with E-state index in [2.05, 4.69) is 26.1 Å². The molecule has 3 rings (SSSR count). The maximum absolute atomic E-state index is 12.2. The molecule has 2 aromatic rings. The molecule has 4 nitrogen and oxygen atoms in total. The second-order valence-electron chi connectivity index (χ2n) is 6.74. The average molecular weight is 464 g/mol. The molecule has 148 valence electrons. The molecule has 0 saturated carbocycles. The van der Waals surface area contributed by atoms with Crippen molar-refractivity contribution in [2.24, 2.45) is 0 Å². The minimum atomic E-state index is -0.221. The minimum absolute atomic E-state index is 0.221. The van der Waals surface area contributed by atoms with Crippen molar-refractivity contribution < 1.29 is 9.53 Å². The Morgan fingerprint density at radius 3 is 2.75 bits per heavy atom. The third-order valence-electron chi connectivity index (χ3n) is 4.63. The molecule has 28 heavy (non-hydrogen) atoms. The zero-order valence-corrected chi connectivity index (χ0v) is 18.0. The Kier molecular flexibility index (Phi) is 7.95. The van der Waals surface area contributed by atoms with Gasteiger partial charge in [0.15, 0.2) is 0 Å². The summed E-state index contributed by atoms with van der Waals surface area (Å²) in [5.74, 6) is 0.506. The summed E-state index contributed by atoms with van der Waals surface area (Å²) in [6, 6.07) is 12.9. The summed E-state index contributed by atoms with van der Waals surface area (Å²) < 4.78 is 6.80. The van der Waals surface area contributed by atoms with Crippen molar-refractivity contribution in [3.8, 4) is 5.75 Å². The van der Waals surface area contributed by atoms with Gasteiger partial charge in [-0.1, -0.05) is 36.2 Å². The second kappa shape index (κ2) is 10.6. The minimum Gasteiger partial charge on any atom is -0.491 e. The van der Waals surface area contributed by atoms with Crippen molar-refractivity contribution in [1.29, 1.82) is 0 Å². The Labute approximate surface area is 179 Å². The van der Waals surface area contributed by atoms with Gasteiger partial charge in [-0.25, -0.2) is 0 Å². The van der Waals surface area contributed by atoms with Crippen LogP contribution < -0.4 is 10.1 Å². The molecule has 0 aromatic heterocycles. The van der Waals surface area contributed by atoms with Gasteiger partial charge in [0.05, 0.1) is 4.47 Å². The summed E-state index contributed by atoms with van der Waals surface area (Å²) in [5.41, 5.74) is 1.49. The highest BCUT2D eigenvalue weighted by atomic mass is 79.9. The third-order valence-corrected chi connectivity index (χ3v) is 5.63. The first-order valence-corrected chi connectivity index (χ1v) is 10.7. The van der Waals surface area contributed by atoms with Crippen molar-refractivity contribution in [2.75, 3.05) is 31.6 Å². The number of nitrogens with one attached hydrogen (secondary N) is 1. The van der Waals surface area contributed by atoms with Crippen LogP contribution in [0.25, 0.3) is 6.08 Å². The van der Waals surface area contributed by atoms with E-state index in [9.17, 15) is 4.79 Å². The number of benzene rings is 2. The highest BCUT2D eigenvalue weighted by Crippen LogP contribution is 2.28. The zero-order chi connectivity index (χ0) is 19.8. The molecule has 1 heterocycles. The number of likely N-dealkylation sites (tertiary alicyclic amines) is 1. The monoisotopic (exact) mass is 462 g/mol. The third kappa shape index (κ3) is 6.36. The van der Waals surface area contributed by atoms with Gasteiger partial charge in [-0.2, -0.15) is 0 Å². The smallest absolute Gasteiger partial charge is 0.248 e. The average Bonchev–Trinajstić information content (AvgIpc) is 2.70. The van der Waals surface area contributed by atoms with Crippen molar-refractivity contribution in [3.05, 3.63) is 63.6 Å². The Morgan fingerprint density at radius 1 is 1.18 bits per heavy atom. The standard InChI is InChI=1S/C22H24BrClN2O2/c23-19-10-9-18(16-21(19)28-15-14-26-12-4-1-5-13-26)25-22(27)11-8-17-6-2-3-7-20(17)24/h2-3,6-11,16H,1,4-5,12-15H2,(H,25,27)/b11-8+. The van der Waals surface area contributed by atoms with Gasteiger partial charge in [-0.3, -0.25) is 9.69 Å². The second-order valence-corrected chi connectivity index (χ2v) is 8.00. The van der Waals surface area contributed by atoms with E-state index in [0.717, 1.165) is 35.4 Å². The zero-order valence-electron chi connectivity index (χ0n) is 15.7. The summed E-state index contributed by atoms with van der Waals surface area (Å²) in [5, 5.41) is 3.47. The molecule has 0 radical (unpaired) electrons. The van der Waals surface area contributed by atoms with Crippen molar-refractivity contribution in [3.63, 3.8) is 0 Å². The van der Waals surface area contributed by atoms with Gasteiger partial charge in [0.2, 0.25) is 5.91 Å². The molecule has 1 aliphatic heterocycles. The van der Waals surface area contributed by atoms with Gasteiger partial charge < -0.3 is 10.1 Å². The summed E-state index contributed by atoms with van der Waals surface area (Å²) in [6.45, 7) is 3.85. The lowest BCUT2D eigenvalue weighted by Gasteiger charge is -2.26. The lowest BCUT2D eigenvalue weighted by atomic mass is 10.1. The van der Waals surface area contributed by atoms with Gasteiger partial charge >= 0.3 is 0 Å². The fourth-order valence-electron chi connectivity index (χ4n) is 3.12. The number of carbonyl (C=O) groups excluding carboxylic acids is 1. The highest BCUT2D eigenvalue weighted by molar-refractivity contribution is 9.10. The number of anilines is 1. The van der Waals surface area contributed by atoms with Crippen LogP contribution in [0.15, 0.2) is 53.0 Å². The first-order chi connectivity index (χ1) is 13.6. The first kappa shape index (κ1) is 20.9. The van der Waals surface area contributed by atoms with E-state index in [1.54, 1.807) is 12.1 Å². The molecule has 0 bridgehead atoms. The van der Waals surface area contributed by atoms with E-state index in [-0.39, 0.29) is 5.91 Å². The molecule has 1 amide bonds. The molecule has 0 unspecified atom stereocenters. The molecule has 0 spiro atoms. The molecule has 0 aliphatic carbocycles. The van der Waals surface area contributed by atoms with Crippen LogP contribution in [0.4, 0.5) is 5.69 Å². The summed E-state index contributed by atoms with van der Waals surface area (Å²) >= 11 is 9.61. The Bertz CT molecular complexity index is 835. The lowest BCUT2D eigenvalue weighted by Crippen LogP contribution is -2.33. The van der Waals surface area contributed by atoms with Crippen LogP contribution >= 0.6 is 27.5 Å². The van der Waals surface area contributed by atoms with Crippen LogP contribution in [0.3, 0.4) is 0 Å². The first-order valence-electron chi connectivity index (χ1n) is 9.50. The molecule has 1 fully saturated rings. The number of hydrogen-bond donors (Lipinski definition) is 1. The van der Waals surface area contributed by atoms with E-state index in [4.69, 9.17) is 16.3 Å². The summed E-state index contributed by atoms with van der Waals surface area (Å²) in [4.78, 5) is 14.6. The van der Waals surface area contributed by atoms with E-state index in [1.165, 1.54) is 25.3 Å². The molecular formula is C22H24BrClN2O2. The molecule has 2 aromatic carbocycles. The SMILES string of the molecule is O=C(/C=C/c1ccccc1Cl)Nc1ccc(Br)c(OCCN2CCCCC2)c1. The lowest BCUT2D eigenvalue weighted by molar-refractivity contribution is -0.111. The highest BCUT2D eigenvalue weighted by Gasteiger charge is 2.10. The molecule has 6 heteroatoms. The van der Waals surface area contributed by atoms with Crippen LogP contribution in [-0.2, 0) is 4.79 Å². The van der Waals surface area contributed by atoms with Crippen LogP contribution in [0, 0.1) is 0 Å². The van der Waals surface area contributed by atoms with Crippen LogP contribution in [0.2, 0.25) is 5.02 Å². The van der Waals surface area contributed by atoms with Crippen LogP contribution in [0.1, 0.15) is 24.8 Å². The van der Waals surface area contributed by atoms with Gasteiger partial charge in [-0.15, -0.1) is 0 Å². The maximum Gasteiger partial charge on any atom is 0.248 e. The van der Waals surface area contributed by atoms with Crippen LogP contribution in [0.5, 0.6) is 5.75 Å². The number of piperidine rings is 1. The fourth-order valence-corrected chi connectivity index (χ4v) is 3.68. The van der Waals surface area contributed by atoms with Crippen molar-refractivity contribution in [2.45, 2.75) is 19.3 Å². The molecule has 1 N–H and O–H groups in total. The van der Waals surface area contributed by atoms with Crippen molar-refractivity contribution in [1.82, 2.24) is 4.90 Å². The van der Waals surface area contributed by atoms with E-state index >= 15 is 0 Å². The number of nitrogens with zero attached hydrogens (tertiary/aromatic N) is 1. The Hall–Kier alpha value is -1.82. The van der Waals surface area contributed by atoms with Gasteiger partial charge in [0, 0.05) is 29.4 Å². The largest absolute Gasteiger partial charge is 0.491 e. The predicted molar refractivity (Wildman–Crippen MR) is 119 cm³/mol. The number of hydrogen-bond acceptors (Lipinski definition) is 3. The summed E-state index contributed by atoms with van der Waals surface area (Å²) in [6.07, 6.45) is 7.04. The van der Waals surface area contributed by atoms with Gasteiger partial charge in [0.1, 0.15) is 12.4 Å². The number of carbonyl (C=O) groups is 1. The predicted octanol–water partition coefficient (Wildman–Crippen LogP) is 5.62. The number of halogens is 2. The molecule has 1 saturated heterocycles. The van der Waals surface area contributed by atoms with E-state index < -0.39 is 0 Å². The quantitative estimate of drug-likeness (QED) is 0.542. The number of amides is 1. The topological polar surface area (TPSA) is 41.6 Å². The van der Waals surface area contributed by atoms with Gasteiger partial charge in [-0.05, 0) is 71.7 Å². The Morgan fingerprint density at radius 2 is 1.96 bits per heavy atom. The number of rotatable bonds is 7. The summed E-state index contributed by atoms with van der Waals surface area (Å²) in [7, 11) is 0. The normalized spacial score (nSPS) is 14.9. The number of ether oxygens (including phenoxy) is 1. The fraction of sp³-hybridized carbons (Fsp3) is 0.318. The molecular weight excluding hydrogens is 440 g/mol. The van der Waals surface area contributed by atoms with E-state index in [0.29, 0.717) is 17.3 Å².